The van der Waals surface area contributed by atoms with Gasteiger partial charge in [0.2, 0.25) is 26.6 Å². The highest BCUT2D eigenvalue weighted by atomic mass is 16.6. The second-order valence-corrected chi connectivity index (χ2v) is 18.2. The largest absolute Gasteiger partial charge is 0.460 e. The predicted molar refractivity (Wildman–Crippen MR) is 296 cm³/mol. The molecule has 30 heteroatoms. The Morgan fingerprint density at radius 2 is 1.19 bits per heavy atom. The number of carbonyl (C=O) groups excluding carboxylic acids is 6. The number of hydrogen-bond donors (Lipinski definition) is 8. The number of nitrogens with zero attached hydrogens (tertiary/aromatic N) is 8. The van der Waals surface area contributed by atoms with Crippen LogP contribution in [-0.4, -0.2) is 149 Å². The number of nitrogens with one attached hydrogen (secondary N) is 5. The van der Waals surface area contributed by atoms with Crippen molar-refractivity contribution in [3.63, 3.8) is 0 Å². The van der Waals surface area contributed by atoms with Crippen LogP contribution < -0.4 is 32.8 Å². The summed E-state index contributed by atoms with van der Waals surface area (Å²) in [6.07, 6.45) is 1.53. The van der Waals surface area contributed by atoms with Crippen LogP contribution in [0.5, 0.6) is 0 Å². The molecular weight excluding hydrogens is 1090 g/mol. The van der Waals surface area contributed by atoms with Crippen molar-refractivity contribution in [1.29, 1.82) is 2.86 Å². The molecule has 0 spiro atoms. The number of aromatic amines is 2. The number of imidazole rings is 3. The van der Waals surface area contributed by atoms with E-state index < -0.39 is 72.7 Å². The minimum atomic E-state index is -0.863. The van der Waals surface area contributed by atoms with E-state index in [1.165, 1.54) is 59.3 Å². The van der Waals surface area contributed by atoms with E-state index >= 15 is 0 Å². The summed E-state index contributed by atoms with van der Waals surface area (Å²) >= 11 is 0. The number of aromatic nitrogens is 10. The second kappa shape index (κ2) is 31.7. The molecule has 2 aromatic carbocycles. The quantitative estimate of drug-likeness (QED) is 0.0540. The van der Waals surface area contributed by atoms with Gasteiger partial charge < -0.3 is 49.7 Å². The number of aliphatic hydroxyl groups excluding tert-OH is 2. The molecular formula is C53H68N14O16. The lowest BCUT2D eigenvalue weighted by atomic mass is 10.2. The van der Waals surface area contributed by atoms with Crippen LogP contribution in [0.1, 0.15) is 80.7 Å². The molecule has 2 saturated heterocycles. The van der Waals surface area contributed by atoms with E-state index in [1.54, 1.807) is 27.7 Å². The Kier molecular flexibility index (Phi) is 22.3. The summed E-state index contributed by atoms with van der Waals surface area (Å²) in [5, 5.41) is 14.4. The summed E-state index contributed by atoms with van der Waals surface area (Å²) in [6.45, 7) is 6.43. The molecule has 83 heavy (non-hydrogen) atoms. The Bertz CT molecular complexity index is 3440. The van der Waals surface area contributed by atoms with Crippen molar-refractivity contribution < 1.29 is 70.1 Å². The Balaban J connectivity index is 0.000000250. The minimum absolute atomic E-state index is 0.00364. The first kappa shape index (κ1) is 58.4. The zero-order valence-electron chi connectivity index (χ0n) is 50.1. The van der Waals surface area contributed by atoms with Crippen LogP contribution in [0.4, 0.5) is 21.5 Å². The van der Waals surface area contributed by atoms with Gasteiger partial charge in [0.1, 0.15) is 50.7 Å². The van der Waals surface area contributed by atoms with E-state index in [-0.39, 0.29) is 104 Å². The first-order valence-corrected chi connectivity index (χ1v) is 25.4. The number of benzene rings is 2. The first-order chi connectivity index (χ1) is 41.8. The van der Waals surface area contributed by atoms with Crippen molar-refractivity contribution in [3.8, 4) is 0 Å². The highest BCUT2D eigenvalue weighted by molar-refractivity contribution is 5.91. The Morgan fingerprint density at radius 1 is 0.735 bits per heavy atom. The summed E-state index contributed by atoms with van der Waals surface area (Å²) in [4.78, 5) is 122. The molecule has 7 heterocycles. The molecule has 0 aliphatic carbocycles. The summed E-state index contributed by atoms with van der Waals surface area (Å²) in [6, 6.07) is 18.6. The number of aliphatic hydroxyl groups is 2. The monoisotopic (exact) mass is 1160 g/mol. The number of rotatable bonds is 15. The number of ether oxygens (including phenoxy) is 6. The van der Waals surface area contributed by atoms with Crippen molar-refractivity contribution in [2.45, 2.75) is 104 Å². The fourth-order valence-electron chi connectivity index (χ4n) is 7.38. The summed E-state index contributed by atoms with van der Waals surface area (Å²) in [5.74, 6) is -2.30. The van der Waals surface area contributed by atoms with Crippen molar-refractivity contribution >= 4 is 70.2 Å². The lowest BCUT2D eigenvalue weighted by molar-refractivity contribution is -0.144. The average molecular weight is 1160 g/mol. The fraction of sp³-hybridized carbons (Fsp3) is 0.415. The maximum Gasteiger partial charge on any atom is 0.419 e. The molecule has 0 bridgehead atoms. The Hall–Kier alpha value is -9.23. The summed E-state index contributed by atoms with van der Waals surface area (Å²) in [5.41, 5.74) is 6.27. The summed E-state index contributed by atoms with van der Waals surface area (Å²) < 4.78 is 63.8. The van der Waals surface area contributed by atoms with Crippen molar-refractivity contribution in [3.05, 3.63) is 124 Å². The fourth-order valence-corrected chi connectivity index (χ4v) is 7.38. The average Bonchev–Trinajstić information content (AvgIpc) is 1.99. The molecule has 3 amide bonds. The van der Waals surface area contributed by atoms with Gasteiger partial charge in [0, 0.05) is 54.0 Å². The Morgan fingerprint density at radius 3 is 1.61 bits per heavy atom. The minimum Gasteiger partial charge on any atom is -0.460 e. The lowest BCUT2D eigenvalue weighted by Gasteiger charge is -2.15. The topological polar surface area (TPSA) is 405 Å². The van der Waals surface area contributed by atoms with Crippen LogP contribution in [-0.2, 0) is 60.8 Å². The lowest BCUT2D eigenvalue weighted by Crippen LogP contribution is -2.35. The number of carbonyl (C=O) groups is 6. The number of nitrogens with two attached hydrogens (primary N) is 1. The Labute approximate surface area is 479 Å². The van der Waals surface area contributed by atoms with Crippen LogP contribution in [0, 0.1) is 11.8 Å². The maximum atomic E-state index is 12.5. The molecule has 30 nitrogen and oxygen atoms in total. The highest BCUT2D eigenvalue weighted by Crippen LogP contribution is 2.34. The van der Waals surface area contributed by atoms with Gasteiger partial charge in [-0.25, -0.2) is 29.1 Å². The van der Waals surface area contributed by atoms with Gasteiger partial charge in [0.05, 0.1) is 31.4 Å². The third-order valence-corrected chi connectivity index (χ3v) is 11.6. The molecule has 0 saturated carbocycles. The van der Waals surface area contributed by atoms with Gasteiger partial charge in [-0.3, -0.25) is 58.5 Å². The van der Waals surface area contributed by atoms with Crippen LogP contribution in [0.25, 0.3) is 22.3 Å². The predicted octanol–water partition coefficient (Wildman–Crippen LogP) is 3.04. The smallest absolute Gasteiger partial charge is 0.419 e. The molecule has 6 atom stereocenters. The number of fused-ring (bicyclic) bond motifs is 2. The molecule has 0 radical (unpaired) electrons. The number of alkyl carbamates (subject to hydrolysis) is 1. The maximum absolute atomic E-state index is 12.5. The number of anilines is 2. The van der Waals surface area contributed by atoms with Crippen molar-refractivity contribution in [2.75, 3.05) is 37.9 Å². The van der Waals surface area contributed by atoms with E-state index in [4.69, 9.17) is 39.8 Å². The van der Waals surface area contributed by atoms with Crippen molar-refractivity contribution in [2.24, 2.45) is 17.6 Å². The van der Waals surface area contributed by atoms with Gasteiger partial charge >= 0.3 is 24.1 Å². The normalized spacial score (nSPS) is 18.3. The van der Waals surface area contributed by atoms with Gasteiger partial charge in [-0.15, -0.1) is 0 Å². The van der Waals surface area contributed by atoms with Crippen LogP contribution in [0.2, 0.25) is 0 Å². The molecule has 5 aromatic heterocycles. The van der Waals surface area contributed by atoms with Gasteiger partial charge in [0.15, 0.2) is 22.3 Å². The molecule has 9 N–H and O–H groups in total. The number of amides is 3. The van der Waals surface area contributed by atoms with E-state index in [0.29, 0.717) is 6.61 Å². The highest BCUT2D eigenvalue weighted by Gasteiger charge is 2.39. The van der Waals surface area contributed by atoms with Gasteiger partial charge in [-0.2, -0.15) is 9.97 Å². The number of esters is 2. The van der Waals surface area contributed by atoms with Crippen LogP contribution in [0.3, 0.4) is 0 Å². The third-order valence-electron chi connectivity index (χ3n) is 11.6. The summed E-state index contributed by atoms with van der Waals surface area (Å²) in [7, 11) is 2.58. The van der Waals surface area contributed by atoms with Gasteiger partial charge in [-0.05, 0) is 24.9 Å². The first-order valence-electron chi connectivity index (χ1n) is 27.7. The second-order valence-electron chi connectivity index (χ2n) is 18.2. The van der Waals surface area contributed by atoms with E-state index in [2.05, 4.69) is 61.1 Å². The third kappa shape index (κ3) is 18.4. The van der Waals surface area contributed by atoms with Gasteiger partial charge in [-0.1, -0.05) is 88.4 Å². The van der Waals surface area contributed by atoms with Crippen molar-refractivity contribution in [1.82, 2.24) is 53.9 Å². The molecule has 2 aliphatic heterocycles. The van der Waals surface area contributed by atoms with E-state index in [0.717, 1.165) is 11.1 Å². The molecule has 2 unspecified atom stereocenters. The number of H-pyrrole nitrogens is 2. The number of hydrogen-bond acceptors (Lipinski definition) is 22. The molecule has 7 aromatic rings. The molecule has 2 fully saturated rings. The van der Waals surface area contributed by atoms with E-state index in [9.17, 15) is 38.4 Å². The zero-order chi connectivity index (χ0) is 63.6. The van der Waals surface area contributed by atoms with E-state index in [1.807, 2.05) is 60.7 Å². The van der Waals surface area contributed by atoms with Crippen LogP contribution in [0.15, 0.2) is 102 Å². The molecule has 2 aliphatic rings. The molecule has 9 rings (SSSR count). The van der Waals surface area contributed by atoms with Gasteiger partial charge in [0.25, 0.3) is 11.1 Å². The SMILES string of the molecule is NCC(=O)OCc1ccccc1.[2H]C[C@H]1O[C@@H](n2cnc3c(=O)[nH]c(NC(=O)C(C)C)nc32)CC1OC(=O)NCC(=O)OCc1ccccc1.[2H]C[C@H]1O[C@@H](n2cnc3c(=O)[nH]c(NC(=O)C(C)C)nc32)CC1OC(=O)n1ccnc1.[3H]OC.[3H]OC. The standard InChI is InChI=1S/C24H28N6O7.C18H21N7O5.C9H11NO2.2CH4O/c1-13(2)21(32)28-23-27-20-19(22(33)29-23)26-12-30(20)17-9-16(14(3)36-17)37-24(34)25-10-18(31)35-11-15-7-5-4-6-8-15;1-9(2)15(26)22-17-21-14-13(16(27)23-17)20-8-25(14)12-6-11(10(3)29-12)30-18(28)24-5-4-19-7-24;10-6-9(11)12-7-8-4-2-1-3-5-8;2*1-2/h4-8,12-14,16-17H,9-11H2,1-3H3,(H,25,34)(H2,27,28,29,32,33);4-5,7-12H,6H2,1-3H3,(H2,21,22,23,26,27);1-5H,6-7,10H2;2*2H,1H3/t14-,16?,17-;10-,11?,12-;;;/m11.../s1/i2*3D;;2*2T. The molecule has 446 valence electrons. The van der Waals surface area contributed by atoms with Crippen LogP contribution >= 0.6 is 0 Å². The zero-order valence-corrected chi connectivity index (χ0v) is 46.1.